The van der Waals surface area contributed by atoms with E-state index in [1.165, 1.54) is 4.31 Å². The van der Waals surface area contributed by atoms with Crippen LogP contribution in [0, 0.1) is 0 Å². The Morgan fingerprint density at radius 3 is 2.39 bits per heavy atom. The summed E-state index contributed by atoms with van der Waals surface area (Å²) in [6.07, 6.45) is 0.914. The molecule has 23 heavy (non-hydrogen) atoms. The van der Waals surface area contributed by atoms with Crippen LogP contribution in [0.4, 0.5) is 0 Å². The molecule has 0 unspecified atom stereocenters. The molecule has 0 atom stereocenters. The number of sulfonamides is 1. The van der Waals surface area contributed by atoms with Crippen molar-refractivity contribution in [1.29, 1.82) is 0 Å². The molecule has 0 saturated carbocycles. The van der Waals surface area contributed by atoms with Crippen LogP contribution in [0.25, 0.3) is 0 Å². The van der Waals surface area contributed by atoms with Crippen LogP contribution in [0.15, 0.2) is 30.3 Å². The third kappa shape index (κ3) is 5.60. The average Bonchev–Trinajstić information content (AvgIpc) is 2.54. The predicted octanol–water partition coefficient (Wildman–Crippen LogP) is 0.660. The molecule has 7 heteroatoms. The highest BCUT2D eigenvalue weighted by Gasteiger charge is 2.27. The molecule has 1 aliphatic heterocycles. The molecule has 1 aliphatic rings. The number of nitrogens with zero attached hydrogens (tertiary/aromatic N) is 2. The topological polar surface area (TPSA) is 69.7 Å². The van der Waals surface area contributed by atoms with Crippen molar-refractivity contribution in [2.24, 2.45) is 0 Å². The Labute approximate surface area is 138 Å². The van der Waals surface area contributed by atoms with Gasteiger partial charge in [0.1, 0.15) is 0 Å². The lowest BCUT2D eigenvalue weighted by Crippen LogP contribution is -2.51. The summed E-state index contributed by atoms with van der Waals surface area (Å²) in [5.41, 5.74) is 0.800. The van der Waals surface area contributed by atoms with Gasteiger partial charge in [-0.15, -0.1) is 0 Å². The maximum Gasteiger partial charge on any atom is 0.234 e. The quantitative estimate of drug-likeness (QED) is 0.792. The van der Waals surface area contributed by atoms with E-state index >= 15 is 0 Å². The average molecular weight is 339 g/mol. The van der Waals surface area contributed by atoms with Crippen LogP contribution in [0.2, 0.25) is 0 Å². The summed E-state index contributed by atoms with van der Waals surface area (Å²) in [6.45, 7) is 5.10. The van der Waals surface area contributed by atoms with Gasteiger partial charge in [0.05, 0.1) is 12.3 Å². The number of benzene rings is 1. The zero-order valence-electron chi connectivity index (χ0n) is 13.6. The first kappa shape index (κ1) is 17.9. The zero-order valence-corrected chi connectivity index (χ0v) is 14.4. The monoisotopic (exact) mass is 339 g/mol. The van der Waals surface area contributed by atoms with Crippen molar-refractivity contribution in [3.63, 3.8) is 0 Å². The van der Waals surface area contributed by atoms with Crippen LogP contribution in [0.1, 0.15) is 18.9 Å². The van der Waals surface area contributed by atoms with E-state index in [1.807, 2.05) is 42.2 Å². The van der Waals surface area contributed by atoms with E-state index in [4.69, 9.17) is 0 Å². The number of nitrogens with one attached hydrogen (secondary N) is 1. The van der Waals surface area contributed by atoms with Gasteiger partial charge in [0.15, 0.2) is 0 Å². The van der Waals surface area contributed by atoms with Gasteiger partial charge in [-0.2, -0.15) is 4.31 Å². The second-order valence-electron chi connectivity index (χ2n) is 5.77. The summed E-state index contributed by atoms with van der Waals surface area (Å²) in [6, 6.07) is 9.21. The molecule has 1 amide bonds. The number of carbonyl (C=O) groups excluding carboxylic acids is 1. The van der Waals surface area contributed by atoms with E-state index in [1.54, 1.807) is 0 Å². The maximum absolute atomic E-state index is 12.5. The Morgan fingerprint density at radius 2 is 1.78 bits per heavy atom. The standard InChI is InChI=1S/C16H25N3O3S/c1-2-8-17-16(20)13-18-9-11-19(12-10-18)23(21,22)14-15-6-4-3-5-7-15/h3-7H,2,8-14H2,1H3,(H,17,20). The predicted molar refractivity (Wildman–Crippen MR) is 90.4 cm³/mol. The first-order valence-electron chi connectivity index (χ1n) is 8.02. The van der Waals surface area contributed by atoms with Crippen LogP contribution < -0.4 is 5.32 Å². The van der Waals surface area contributed by atoms with Gasteiger partial charge in [0.25, 0.3) is 0 Å². The molecule has 1 saturated heterocycles. The van der Waals surface area contributed by atoms with E-state index in [0.717, 1.165) is 12.0 Å². The summed E-state index contributed by atoms with van der Waals surface area (Å²) in [5.74, 6) is 0.0395. The first-order valence-corrected chi connectivity index (χ1v) is 9.63. The van der Waals surface area contributed by atoms with Crippen molar-refractivity contribution in [3.8, 4) is 0 Å². The van der Waals surface area contributed by atoms with Crippen molar-refractivity contribution >= 4 is 15.9 Å². The minimum absolute atomic E-state index is 0.00689. The molecule has 2 rings (SSSR count). The summed E-state index contributed by atoms with van der Waals surface area (Å²) in [5, 5.41) is 2.84. The molecule has 0 radical (unpaired) electrons. The number of rotatable bonds is 7. The Kier molecular flexibility index (Phi) is 6.56. The second-order valence-corrected chi connectivity index (χ2v) is 7.74. The van der Waals surface area contributed by atoms with Crippen molar-refractivity contribution in [2.45, 2.75) is 19.1 Å². The molecule has 1 heterocycles. The highest BCUT2D eigenvalue weighted by molar-refractivity contribution is 7.88. The van der Waals surface area contributed by atoms with E-state index in [-0.39, 0.29) is 11.7 Å². The number of amides is 1. The lowest BCUT2D eigenvalue weighted by molar-refractivity contribution is -0.122. The Balaban J connectivity index is 1.82. The van der Waals surface area contributed by atoms with Crippen molar-refractivity contribution in [3.05, 3.63) is 35.9 Å². The highest BCUT2D eigenvalue weighted by atomic mass is 32.2. The van der Waals surface area contributed by atoms with Crippen molar-refractivity contribution < 1.29 is 13.2 Å². The van der Waals surface area contributed by atoms with Gasteiger partial charge in [-0.3, -0.25) is 9.69 Å². The largest absolute Gasteiger partial charge is 0.355 e. The second kappa shape index (κ2) is 8.42. The van der Waals surface area contributed by atoms with Crippen molar-refractivity contribution in [2.75, 3.05) is 39.3 Å². The van der Waals surface area contributed by atoms with Crippen LogP contribution in [-0.4, -0.2) is 62.8 Å². The Hall–Kier alpha value is -1.44. The van der Waals surface area contributed by atoms with Gasteiger partial charge >= 0.3 is 0 Å². The summed E-state index contributed by atoms with van der Waals surface area (Å²) >= 11 is 0. The first-order chi connectivity index (χ1) is 11.0. The number of hydrogen-bond acceptors (Lipinski definition) is 4. The molecule has 128 valence electrons. The van der Waals surface area contributed by atoms with Gasteiger partial charge in [-0.1, -0.05) is 37.3 Å². The number of carbonyl (C=O) groups is 1. The summed E-state index contributed by atoms with van der Waals surface area (Å²) in [4.78, 5) is 13.7. The maximum atomic E-state index is 12.5. The van der Waals surface area contributed by atoms with Gasteiger partial charge in [0.2, 0.25) is 15.9 Å². The SMILES string of the molecule is CCCNC(=O)CN1CCN(S(=O)(=O)Cc2ccccc2)CC1. The Morgan fingerprint density at radius 1 is 1.13 bits per heavy atom. The molecule has 1 fully saturated rings. The molecule has 0 bridgehead atoms. The fourth-order valence-corrected chi connectivity index (χ4v) is 4.08. The van der Waals surface area contributed by atoms with Gasteiger partial charge in [0, 0.05) is 32.7 Å². The fourth-order valence-electron chi connectivity index (χ4n) is 2.57. The van der Waals surface area contributed by atoms with Crippen LogP contribution in [0.5, 0.6) is 0 Å². The fraction of sp³-hybridized carbons (Fsp3) is 0.562. The van der Waals surface area contributed by atoms with E-state index in [9.17, 15) is 13.2 Å². The van der Waals surface area contributed by atoms with Gasteiger partial charge in [-0.25, -0.2) is 8.42 Å². The third-order valence-corrected chi connectivity index (χ3v) is 5.71. The van der Waals surface area contributed by atoms with Crippen molar-refractivity contribution in [1.82, 2.24) is 14.5 Å². The normalized spacial score (nSPS) is 17.1. The van der Waals surface area contributed by atoms with Gasteiger partial charge in [-0.05, 0) is 12.0 Å². The van der Waals surface area contributed by atoms with Crippen LogP contribution in [-0.2, 0) is 20.6 Å². The minimum Gasteiger partial charge on any atom is -0.355 e. The smallest absolute Gasteiger partial charge is 0.234 e. The Bertz CT molecular complexity index is 596. The number of hydrogen-bond donors (Lipinski definition) is 1. The van der Waals surface area contributed by atoms with E-state index in [2.05, 4.69) is 5.32 Å². The molecule has 1 N–H and O–H groups in total. The van der Waals surface area contributed by atoms with E-state index in [0.29, 0.717) is 39.3 Å². The molecular formula is C16H25N3O3S. The highest BCUT2D eigenvalue weighted by Crippen LogP contribution is 2.13. The zero-order chi connectivity index (χ0) is 16.7. The summed E-state index contributed by atoms with van der Waals surface area (Å²) in [7, 11) is -3.30. The van der Waals surface area contributed by atoms with E-state index < -0.39 is 10.0 Å². The molecule has 0 aromatic heterocycles. The summed E-state index contributed by atoms with van der Waals surface area (Å²) < 4.78 is 26.4. The number of piperazine rings is 1. The lowest BCUT2D eigenvalue weighted by Gasteiger charge is -2.33. The molecule has 0 spiro atoms. The van der Waals surface area contributed by atoms with Crippen LogP contribution in [0.3, 0.4) is 0 Å². The molecule has 1 aromatic carbocycles. The minimum atomic E-state index is -3.30. The molecule has 0 aliphatic carbocycles. The molecule has 1 aromatic rings. The molecular weight excluding hydrogens is 314 g/mol. The molecule has 6 nitrogen and oxygen atoms in total. The lowest BCUT2D eigenvalue weighted by atomic mass is 10.2. The van der Waals surface area contributed by atoms with Crippen LogP contribution >= 0.6 is 0 Å². The third-order valence-electron chi connectivity index (χ3n) is 3.86. The van der Waals surface area contributed by atoms with Gasteiger partial charge < -0.3 is 5.32 Å².